The van der Waals surface area contributed by atoms with Crippen molar-refractivity contribution in [3.05, 3.63) is 45.2 Å². The van der Waals surface area contributed by atoms with Crippen LogP contribution in [0, 0.1) is 0 Å². The van der Waals surface area contributed by atoms with E-state index in [4.69, 9.17) is 18.9 Å². The Kier molecular flexibility index (Phi) is 9.34. The summed E-state index contributed by atoms with van der Waals surface area (Å²) in [4.78, 5) is 18.3. The minimum Gasteiger partial charge on any atom is -0.490 e. The molecule has 0 aliphatic rings. The van der Waals surface area contributed by atoms with Gasteiger partial charge >= 0.3 is 0 Å². The molecule has 178 valence electrons. The number of nitrogens with zero attached hydrogens (tertiary/aromatic N) is 2. The molecule has 0 bridgehead atoms. The van der Waals surface area contributed by atoms with Crippen molar-refractivity contribution >= 4 is 43.4 Å². The van der Waals surface area contributed by atoms with Gasteiger partial charge in [0.05, 0.1) is 36.6 Å². The van der Waals surface area contributed by atoms with Gasteiger partial charge in [0.2, 0.25) is 5.75 Å². The zero-order chi connectivity index (χ0) is 23.8. The van der Waals surface area contributed by atoms with Crippen molar-refractivity contribution in [3.63, 3.8) is 0 Å². The molecule has 1 aromatic heterocycles. The van der Waals surface area contributed by atoms with Crippen molar-refractivity contribution in [2.75, 3.05) is 33.0 Å². The van der Waals surface area contributed by atoms with Crippen LogP contribution in [0.25, 0.3) is 10.2 Å². The van der Waals surface area contributed by atoms with Crippen LogP contribution in [0.4, 0.5) is 0 Å². The number of benzene rings is 2. The molecule has 9 heteroatoms. The first-order chi connectivity index (χ1) is 16.0. The Balaban J connectivity index is 2.09. The average Bonchev–Trinajstić information content (AvgIpc) is 3.12. The predicted octanol–water partition coefficient (Wildman–Crippen LogP) is 5.44. The van der Waals surface area contributed by atoms with Crippen molar-refractivity contribution in [1.82, 2.24) is 4.57 Å². The molecule has 0 spiro atoms. The SMILES string of the molecule is CCOCCn1c(=NC(=O)c2cc(OCC)c(OCC)c(OCC)c2)sc2cc(Br)ccc21. The molecule has 1 heterocycles. The second-order valence-corrected chi connectivity index (χ2v) is 8.79. The molecule has 1 amide bonds. The Bertz CT molecular complexity index is 1140. The highest BCUT2D eigenvalue weighted by molar-refractivity contribution is 9.10. The maximum atomic E-state index is 13.3. The van der Waals surface area contributed by atoms with Crippen molar-refractivity contribution < 1.29 is 23.7 Å². The molecule has 0 atom stereocenters. The maximum absolute atomic E-state index is 13.3. The first-order valence-corrected chi connectivity index (χ1v) is 12.6. The number of fused-ring (bicyclic) bond motifs is 1. The number of aromatic nitrogens is 1. The minimum absolute atomic E-state index is 0.375. The molecule has 3 aromatic rings. The quantitative estimate of drug-likeness (QED) is 0.305. The normalized spacial score (nSPS) is 11.7. The molecule has 0 radical (unpaired) electrons. The fourth-order valence-corrected chi connectivity index (χ4v) is 4.92. The van der Waals surface area contributed by atoms with Crippen molar-refractivity contribution in [2.24, 2.45) is 4.99 Å². The van der Waals surface area contributed by atoms with E-state index < -0.39 is 0 Å². The molecular weight excluding hydrogens is 508 g/mol. The largest absolute Gasteiger partial charge is 0.490 e. The van der Waals surface area contributed by atoms with E-state index in [1.807, 2.05) is 50.5 Å². The Morgan fingerprint density at radius 1 is 0.970 bits per heavy atom. The van der Waals surface area contributed by atoms with Gasteiger partial charge in [-0.15, -0.1) is 0 Å². The zero-order valence-corrected chi connectivity index (χ0v) is 21.8. The topological polar surface area (TPSA) is 71.3 Å². The molecule has 0 saturated carbocycles. The van der Waals surface area contributed by atoms with Gasteiger partial charge < -0.3 is 23.5 Å². The highest BCUT2D eigenvalue weighted by Crippen LogP contribution is 2.39. The summed E-state index contributed by atoms with van der Waals surface area (Å²) < 4.78 is 26.8. The van der Waals surface area contributed by atoms with Crippen LogP contribution in [-0.2, 0) is 11.3 Å². The van der Waals surface area contributed by atoms with E-state index in [0.29, 0.717) is 67.2 Å². The van der Waals surface area contributed by atoms with Crippen molar-refractivity contribution in [2.45, 2.75) is 34.2 Å². The van der Waals surface area contributed by atoms with Crippen LogP contribution in [0.15, 0.2) is 39.8 Å². The third-order valence-corrected chi connectivity index (χ3v) is 6.20. The number of rotatable bonds is 11. The highest BCUT2D eigenvalue weighted by Gasteiger charge is 2.19. The zero-order valence-electron chi connectivity index (χ0n) is 19.4. The fourth-order valence-electron chi connectivity index (χ4n) is 3.31. The average molecular weight is 537 g/mol. The predicted molar refractivity (Wildman–Crippen MR) is 134 cm³/mol. The van der Waals surface area contributed by atoms with Gasteiger partial charge in [-0.05, 0) is 58.0 Å². The highest BCUT2D eigenvalue weighted by atomic mass is 79.9. The van der Waals surface area contributed by atoms with Gasteiger partial charge in [-0.1, -0.05) is 27.3 Å². The lowest BCUT2D eigenvalue weighted by atomic mass is 10.1. The summed E-state index contributed by atoms with van der Waals surface area (Å²) in [5.74, 6) is 1.05. The minimum atomic E-state index is -0.379. The van der Waals surface area contributed by atoms with Gasteiger partial charge in [-0.3, -0.25) is 4.79 Å². The summed E-state index contributed by atoms with van der Waals surface area (Å²) in [5, 5.41) is 0. The van der Waals surface area contributed by atoms with Crippen molar-refractivity contribution in [3.8, 4) is 17.2 Å². The van der Waals surface area contributed by atoms with E-state index in [-0.39, 0.29) is 5.91 Å². The number of thiazole rings is 1. The van der Waals surface area contributed by atoms with Crippen LogP contribution in [0.2, 0.25) is 0 Å². The molecule has 3 rings (SSSR count). The van der Waals surface area contributed by atoms with Crippen molar-refractivity contribution in [1.29, 1.82) is 0 Å². The first-order valence-electron chi connectivity index (χ1n) is 11.0. The van der Waals surface area contributed by atoms with Gasteiger partial charge in [-0.2, -0.15) is 4.99 Å². The number of halogens is 1. The summed E-state index contributed by atoms with van der Waals surface area (Å²) in [6.45, 7) is 10.7. The first kappa shape index (κ1) is 25.3. The standard InChI is InChI=1S/C24H29BrN2O5S/c1-5-29-12-11-27-18-10-9-17(25)15-21(18)33-24(27)26-23(28)16-13-19(30-6-2)22(32-8-4)20(14-16)31-7-3/h9-10,13-15H,5-8,11-12H2,1-4H3. The van der Waals surface area contributed by atoms with Gasteiger partial charge in [0.15, 0.2) is 16.3 Å². The summed E-state index contributed by atoms with van der Waals surface area (Å²) in [6.07, 6.45) is 0. The second kappa shape index (κ2) is 12.2. The Morgan fingerprint density at radius 3 is 2.24 bits per heavy atom. The van der Waals surface area contributed by atoms with Gasteiger partial charge in [0.1, 0.15) is 0 Å². The molecule has 33 heavy (non-hydrogen) atoms. The number of carbonyl (C=O) groups is 1. The van der Waals surface area contributed by atoms with E-state index in [0.717, 1.165) is 14.7 Å². The fraction of sp³-hybridized carbons (Fsp3) is 0.417. The number of carbonyl (C=O) groups excluding carboxylic acids is 1. The number of amides is 1. The van der Waals surface area contributed by atoms with E-state index in [1.165, 1.54) is 11.3 Å². The van der Waals surface area contributed by atoms with Crippen LogP contribution >= 0.6 is 27.3 Å². The summed E-state index contributed by atoms with van der Waals surface area (Å²) in [6, 6.07) is 9.35. The summed E-state index contributed by atoms with van der Waals surface area (Å²) in [5.41, 5.74) is 1.38. The monoisotopic (exact) mass is 536 g/mol. The lowest BCUT2D eigenvalue weighted by molar-refractivity contribution is 0.0995. The number of ether oxygens (including phenoxy) is 4. The Morgan fingerprint density at radius 2 is 1.64 bits per heavy atom. The summed E-state index contributed by atoms with van der Waals surface area (Å²) in [7, 11) is 0. The molecule has 0 aliphatic heterocycles. The van der Waals surface area contributed by atoms with E-state index in [9.17, 15) is 4.79 Å². The van der Waals surface area contributed by atoms with E-state index in [2.05, 4.69) is 20.9 Å². The lowest BCUT2D eigenvalue weighted by Crippen LogP contribution is -2.19. The number of hydrogen-bond acceptors (Lipinski definition) is 6. The molecule has 7 nitrogen and oxygen atoms in total. The second-order valence-electron chi connectivity index (χ2n) is 6.86. The van der Waals surface area contributed by atoms with E-state index >= 15 is 0 Å². The molecule has 0 N–H and O–H groups in total. The third kappa shape index (κ3) is 6.16. The Labute approximate surface area is 206 Å². The molecule has 0 fully saturated rings. The van der Waals surface area contributed by atoms with Crippen LogP contribution < -0.4 is 19.0 Å². The van der Waals surface area contributed by atoms with Gasteiger partial charge in [0, 0.05) is 23.2 Å². The van der Waals surface area contributed by atoms with Gasteiger partial charge in [-0.25, -0.2) is 0 Å². The molecule has 2 aromatic carbocycles. The Hall–Kier alpha value is -2.36. The number of hydrogen-bond donors (Lipinski definition) is 0. The van der Waals surface area contributed by atoms with Crippen LogP contribution in [0.3, 0.4) is 0 Å². The lowest BCUT2D eigenvalue weighted by Gasteiger charge is -2.16. The summed E-state index contributed by atoms with van der Waals surface area (Å²) >= 11 is 4.98. The smallest absolute Gasteiger partial charge is 0.279 e. The molecule has 0 unspecified atom stereocenters. The van der Waals surface area contributed by atoms with Crippen LogP contribution in [-0.4, -0.2) is 43.5 Å². The molecule has 0 aliphatic carbocycles. The van der Waals surface area contributed by atoms with Crippen LogP contribution in [0.1, 0.15) is 38.1 Å². The maximum Gasteiger partial charge on any atom is 0.279 e. The third-order valence-electron chi connectivity index (χ3n) is 4.66. The van der Waals surface area contributed by atoms with E-state index in [1.54, 1.807) is 12.1 Å². The molecule has 0 saturated heterocycles. The molecular formula is C24H29BrN2O5S. The van der Waals surface area contributed by atoms with Gasteiger partial charge in [0.25, 0.3) is 5.91 Å². The van der Waals surface area contributed by atoms with Crippen LogP contribution in [0.5, 0.6) is 17.2 Å².